The Labute approximate surface area is 111 Å². The summed E-state index contributed by atoms with van der Waals surface area (Å²) >= 11 is 0. The quantitative estimate of drug-likeness (QED) is 0.688. The molecule has 1 rings (SSSR count). The average molecular weight is 311 g/mol. The zero-order valence-corrected chi connectivity index (χ0v) is 16.5. The average Bonchev–Trinajstić information content (AvgIpc) is 2.15. The Morgan fingerprint density at radius 1 is 1.06 bits per heavy atom. The molecule has 0 saturated carbocycles. The zero-order chi connectivity index (χ0) is 13.3. The molecular weight excluding hydrogens is 284 g/mol. The van der Waals surface area contributed by atoms with Gasteiger partial charge < -0.3 is 16.8 Å². The SMILES string of the molecule is CCC1(C)O[SiH](C)O[SiH](C)O[Si](C)(C)O[SiH]1C. The lowest BCUT2D eigenvalue weighted by Gasteiger charge is -2.37. The van der Waals surface area contributed by atoms with E-state index in [9.17, 15) is 0 Å². The van der Waals surface area contributed by atoms with Crippen molar-refractivity contribution in [3.63, 3.8) is 0 Å². The van der Waals surface area contributed by atoms with Crippen LogP contribution in [0.2, 0.25) is 32.7 Å². The van der Waals surface area contributed by atoms with E-state index < -0.39 is 36.2 Å². The van der Waals surface area contributed by atoms with Crippen LogP contribution in [-0.2, 0) is 16.8 Å². The summed E-state index contributed by atoms with van der Waals surface area (Å²) in [4.78, 5) is 0. The van der Waals surface area contributed by atoms with Gasteiger partial charge in [0.2, 0.25) is 0 Å². The summed E-state index contributed by atoms with van der Waals surface area (Å²) in [7, 11) is -6.61. The second kappa shape index (κ2) is 5.78. The van der Waals surface area contributed by atoms with E-state index in [4.69, 9.17) is 16.8 Å². The molecule has 1 saturated heterocycles. The molecule has 0 N–H and O–H groups in total. The maximum Gasteiger partial charge on any atom is 0.312 e. The van der Waals surface area contributed by atoms with E-state index in [-0.39, 0.29) is 5.22 Å². The van der Waals surface area contributed by atoms with Gasteiger partial charge in [-0.25, -0.2) is 0 Å². The molecule has 0 aromatic carbocycles. The number of rotatable bonds is 1. The van der Waals surface area contributed by atoms with Gasteiger partial charge in [0.1, 0.15) is 0 Å². The van der Waals surface area contributed by atoms with Crippen molar-refractivity contribution in [2.24, 2.45) is 0 Å². The first-order chi connectivity index (χ1) is 7.68. The smallest absolute Gasteiger partial charge is 0.312 e. The molecule has 0 spiro atoms. The van der Waals surface area contributed by atoms with Crippen molar-refractivity contribution in [3.8, 4) is 0 Å². The molecule has 0 amide bonds. The minimum Gasteiger partial charge on any atom is -0.437 e. The number of hydrogen-bond donors (Lipinski definition) is 0. The van der Waals surface area contributed by atoms with Gasteiger partial charge in [-0.1, -0.05) is 6.92 Å². The molecule has 0 aromatic heterocycles. The molecule has 1 heterocycles. The molecular formula is C9H26O4Si4. The van der Waals surface area contributed by atoms with E-state index in [0.717, 1.165) is 6.42 Å². The lowest BCUT2D eigenvalue weighted by atomic mass is 10.3. The third-order valence-electron chi connectivity index (χ3n) is 3.29. The fourth-order valence-electron chi connectivity index (χ4n) is 2.15. The van der Waals surface area contributed by atoms with Gasteiger partial charge in [-0.3, -0.25) is 0 Å². The van der Waals surface area contributed by atoms with Crippen molar-refractivity contribution in [3.05, 3.63) is 0 Å². The third-order valence-corrected chi connectivity index (χ3v) is 17.0. The summed E-state index contributed by atoms with van der Waals surface area (Å²) in [6, 6.07) is 0. The molecule has 0 aliphatic carbocycles. The summed E-state index contributed by atoms with van der Waals surface area (Å²) in [5, 5.41) is -0.113. The van der Waals surface area contributed by atoms with Crippen LogP contribution < -0.4 is 0 Å². The van der Waals surface area contributed by atoms with Crippen molar-refractivity contribution >= 4 is 36.2 Å². The summed E-state index contributed by atoms with van der Waals surface area (Å²) in [6.07, 6.45) is 0.988. The van der Waals surface area contributed by atoms with Gasteiger partial charge in [0, 0.05) is 0 Å². The van der Waals surface area contributed by atoms with Crippen LogP contribution in [0.15, 0.2) is 0 Å². The van der Waals surface area contributed by atoms with E-state index in [1.54, 1.807) is 0 Å². The molecule has 4 atom stereocenters. The molecule has 1 fully saturated rings. The lowest BCUT2D eigenvalue weighted by Crippen LogP contribution is -2.52. The van der Waals surface area contributed by atoms with E-state index in [2.05, 4.69) is 46.6 Å². The Kier molecular flexibility index (Phi) is 5.36. The van der Waals surface area contributed by atoms with Crippen molar-refractivity contribution in [2.75, 3.05) is 0 Å². The van der Waals surface area contributed by atoms with Crippen LogP contribution in [0.4, 0.5) is 0 Å². The van der Waals surface area contributed by atoms with Crippen molar-refractivity contribution in [1.29, 1.82) is 0 Å². The molecule has 8 heteroatoms. The lowest BCUT2D eigenvalue weighted by molar-refractivity contribution is 0.127. The van der Waals surface area contributed by atoms with E-state index in [1.807, 2.05) is 0 Å². The molecule has 4 nitrogen and oxygen atoms in total. The largest absolute Gasteiger partial charge is 0.437 e. The van der Waals surface area contributed by atoms with Gasteiger partial charge in [0.05, 0.1) is 5.22 Å². The summed E-state index contributed by atoms with van der Waals surface area (Å²) < 4.78 is 24.5. The van der Waals surface area contributed by atoms with Gasteiger partial charge in [0.25, 0.3) is 9.28 Å². The molecule has 102 valence electrons. The summed E-state index contributed by atoms with van der Waals surface area (Å²) in [5.74, 6) is 0. The molecule has 0 bridgehead atoms. The highest BCUT2D eigenvalue weighted by Gasteiger charge is 2.42. The Morgan fingerprint density at radius 2 is 1.65 bits per heavy atom. The molecule has 17 heavy (non-hydrogen) atoms. The predicted octanol–water partition coefficient (Wildman–Crippen LogP) is 1.53. The standard InChI is InChI=1S/C9H26O4Si4/c1-8-9(2)10-15(4)11-16(5)13-17(6,7)12-14(9)3/h14-16H,8H2,1-7H3. The van der Waals surface area contributed by atoms with Gasteiger partial charge in [-0.05, 0) is 46.1 Å². The van der Waals surface area contributed by atoms with Crippen LogP contribution in [0.5, 0.6) is 0 Å². The Bertz CT molecular complexity index is 265. The maximum atomic E-state index is 6.29. The maximum absolute atomic E-state index is 6.29. The molecule has 1 aliphatic rings. The zero-order valence-electron chi connectivity index (χ0n) is 12.1. The Balaban J connectivity index is 2.92. The van der Waals surface area contributed by atoms with Gasteiger partial charge in [-0.2, -0.15) is 0 Å². The normalized spacial score (nSPS) is 43.6. The Hall–Kier alpha value is 0.708. The van der Waals surface area contributed by atoms with Crippen LogP contribution in [0.3, 0.4) is 0 Å². The second-order valence-corrected chi connectivity index (χ2v) is 16.1. The minimum atomic E-state index is -2.03. The van der Waals surface area contributed by atoms with E-state index >= 15 is 0 Å². The van der Waals surface area contributed by atoms with Crippen LogP contribution in [0.1, 0.15) is 20.3 Å². The Morgan fingerprint density at radius 3 is 2.18 bits per heavy atom. The highest BCUT2D eigenvalue weighted by atomic mass is 28.5. The topological polar surface area (TPSA) is 36.9 Å². The van der Waals surface area contributed by atoms with E-state index in [1.165, 1.54) is 0 Å². The van der Waals surface area contributed by atoms with Crippen LogP contribution in [-0.4, -0.2) is 41.4 Å². The minimum absolute atomic E-state index is 0.113. The van der Waals surface area contributed by atoms with Crippen molar-refractivity contribution in [2.45, 2.75) is 58.2 Å². The summed E-state index contributed by atoms with van der Waals surface area (Å²) in [6.45, 7) is 15.0. The third kappa shape index (κ3) is 4.39. The van der Waals surface area contributed by atoms with Crippen LogP contribution in [0, 0.1) is 0 Å². The van der Waals surface area contributed by atoms with Crippen LogP contribution in [0.25, 0.3) is 0 Å². The van der Waals surface area contributed by atoms with Gasteiger partial charge >= 0.3 is 17.8 Å². The van der Waals surface area contributed by atoms with Crippen LogP contribution >= 0.6 is 0 Å². The highest BCUT2D eigenvalue weighted by molar-refractivity contribution is 6.79. The van der Waals surface area contributed by atoms with E-state index in [0.29, 0.717) is 0 Å². The number of hydrogen-bond acceptors (Lipinski definition) is 4. The fraction of sp³-hybridized carbons (Fsp3) is 1.00. The van der Waals surface area contributed by atoms with Crippen molar-refractivity contribution in [1.82, 2.24) is 0 Å². The molecule has 4 unspecified atom stereocenters. The first-order valence-electron chi connectivity index (χ1n) is 6.37. The molecule has 0 radical (unpaired) electrons. The summed E-state index contributed by atoms with van der Waals surface area (Å²) in [5.41, 5.74) is 0. The monoisotopic (exact) mass is 310 g/mol. The molecule has 1 aliphatic heterocycles. The first-order valence-corrected chi connectivity index (χ1v) is 15.6. The first kappa shape index (κ1) is 15.8. The van der Waals surface area contributed by atoms with Crippen molar-refractivity contribution < 1.29 is 16.8 Å². The fourth-order valence-corrected chi connectivity index (χ4v) is 16.4. The molecule has 0 aromatic rings. The van der Waals surface area contributed by atoms with Gasteiger partial charge in [-0.15, -0.1) is 0 Å². The predicted molar refractivity (Wildman–Crippen MR) is 79.6 cm³/mol. The second-order valence-electron chi connectivity index (χ2n) is 5.33. The highest BCUT2D eigenvalue weighted by Crippen LogP contribution is 2.26. The van der Waals surface area contributed by atoms with Gasteiger partial charge in [0.15, 0.2) is 9.04 Å².